The smallest absolute Gasteiger partial charge is 0.156 e. The first-order valence-corrected chi connectivity index (χ1v) is 23.5. The average molecular weight is 661 g/mol. The fourth-order valence-electron chi connectivity index (χ4n) is 14.2. The summed E-state index contributed by atoms with van der Waals surface area (Å²) in [6, 6.07) is 5.37. The van der Waals surface area contributed by atoms with Crippen LogP contribution in [0.2, 0.25) is 17.5 Å². The zero-order valence-corrected chi connectivity index (χ0v) is 32.1. The topological polar surface area (TPSA) is 6.48 Å². The van der Waals surface area contributed by atoms with Gasteiger partial charge in [0, 0.05) is 36.3 Å². The SMILES string of the molecule is C1CCCCC(N2C3CCCCCCCC3B3C4CCCCCCCC4N(C4CCCCCCC4)C4CCCCCCC2C34)CCCC1. The van der Waals surface area contributed by atoms with Crippen LogP contribution >= 0.6 is 0 Å². The number of hydrogen-bond donors (Lipinski definition) is 0. The molecule has 2 aliphatic heterocycles. The van der Waals surface area contributed by atoms with Crippen molar-refractivity contribution in [3.8, 4) is 0 Å². The molecule has 0 amide bonds. The lowest BCUT2D eigenvalue weighted by Gasteiger charge is -2.66. The summed E-state index contributed by atoms with van der Waals surface area (Å²) in [7, 11) is 0. The Labute approximate surface area is 300 Å². The van der Waals surface area contributed by atoms with Gasteiger partial charge < -0.3 is 0 Å². The molecule has 2 heterocycles. The molecule has 7 atom stereocenters. The molecule has 0 aromatic carbocycles. The average Bonchev–Trinajstić information content (AvgIpc) is 3.35. The standard InChI is InChI=1S/C45H81BN2/c1-2-7-17-27-37(28-18-8-3-1)47-41-33-23-13-5-11-21-31-39(41)46-40-32-22-12-6-14-24-34-42(40)48(38-29-19-9-4-10-20-30-38)44-36-26-16-15-25-35-43(47)45(44)46/h37-45H,1-36H2. The maximum absolute atomic E-state index is 3.50. The van der Waals surface area contributed by atoms with Crippen molar-refractivity contribution in [1.82, 2.24) is 9.80 Å². The highest BCUT2D eigenvalue weighted by molar-refractivity contribution is 6.65. The van der Waals surface area contributed by atoms with Gasteiger partial charge in [-0.15, -0.1) is 0 Å². The van der Waals surface area contributed by atoms with E-state index in [0.29, 0.717) is 0 Å². The molecule has 2 saturated heterocycles. The normalized spacial score (nSPS) is 39.0. The van der Waals surface area contributed by atoms with Crippen LogP contribution in [0.3, 0.4) is 0 Å². The second kappa shape index (κ2) is 19.2. The summed E-state index contributed by atoms with van der Waals surface area (Å²) in [5.41, 5.74) is 0. The van der Waals surface area contributed by atoms with Gasteiger partial charge in [-0.05, 0) is 68.8 Å². The molecule has 0 aromatic rings. The van der Waals surface area contributed by atoms with E-state index in [4.69, 9.17) is 0 Å². The van der Waals surface area contributed by atoms with Crippen molar-refractivity contribution in [2.75, 3.05) is 0 Å². The van der Waals surface area contributed by atoms with E-state index in [1.807, 2.05) is 0 Å². The van der Waals surface area contributed by atoms with Crippen molar-refractivity contribution >= 4 is 6.71 Å². The van der Waals surface area contributed by atoms with E-state index in [-0.39, 0.29) is 0 Å². The Morgan fingerprint density at radius 1 is 0.250 bits per heavy atom. The van der Waals surface area contributed by atoms with Gasteiger partial charge in [-0.1, -0.05) is 180 Å². The summed E-state index contributed by atoms with van der Waals surface area (Å²) < 4.78 is 0. The summed E-state index contributed by atoms with van der Waals surface area (Å²) in [6.07, 6.45) is 55.0. The fraction of sp³-hybridized carbons (Fsp3) is 1.00. The van der Waals surface area contributed by atoms with Crippen LogP contribution in [0.15, 0.2) is 0 Å². The van der Waals surface area contributed by atoms with Gasteiger partial charge in [0.1, 0.15) is 0 Å². The minimum Gasteiger partial charge on any atom is -0.295 e. The van der Waals surface area contributed by atoms with Crippen LogP contribution < -0.4 is 0 Å². The minimum atomic E-state index is 0.886. The van der Waals surface area contributed by atoms with Crippen LogP contribution in [-0.2, 0) is 0 Å². The first-order valence-electron chi connectivity index (χ1n) is 23.5. The number of rotatable bonds is 2. The molecule has 3 heteroatoms. The predicted octanol–water partition coefficient (Wildman–Crippen LogP) is 13.5. The largest absolute Gasteiger partial charge is 0.295 e. The van der Waals surface area contributed by atoms with Gasteiger partial charge in [0.25, 0.3) is 0 Å². The molecule has 5 aliphatic carbocycles. The maximum Gasteiger partial charge on any atom is 0.156 e. The molecule has 7 rings (SSSR count). The van der Waals surface area contributed by atoms with Crippen LogP contribution in [-0.4, -0.2) is 52.8 Å². The molecule has 0 aromatic heterocycles. The molecule has 0 radical (unpaired) electrons. The van der Waals surface area contributed by atoms with Crippen LogP contribution in [0.1, 0.15) is 231 Å². The second-order valence-electron chi connectivity index (χ2n) is 19.0. The molecule has 7 fully saturated rings. The monoisotopic (exact) mass is 661 g/mol. The predicted molar refractivity (Wildman–Crippen MR) is 210 cm³/mol. The fourth-order valence-corrected chi connectivity index (χ4v) is 14.2. The van der Waals surface area contributed by atoms with Crippen molar-refractivity contribution < 1.29 is 0 Å². The van der Waals surface area contributed by atoms with Crippen molar-refractivity contribution in [3.63, 3.8) is 0 Å². The van der Waals surface area contributed by atoms with Crippen molar-refractivity contribution in [1.29, 1.82) is 0 Å². The zero-order valence-electron chi connectivity index (χ0n) is 32.1. The number of nitrogens with zero attached hydrogens (tertiary/aromatic N) is 2. The van der Waals surface area contributed by atoms with Crippen LogP contribution in [0.4, 0.5) is 0 Å². The van der Waals surface area contributed by atoms with Gasteiger partial charge in [0.15, 0.2) is 6.71 Å². The molecule has 0 N–H and O–H groups in total. The van der Waals surface area contributed by atoms with Gasteiger partial charge in [-0.25, -0.2) is 0 Å². The van der Waals surface area contributed by atoms with E-state index >= 15 is 0 Å². The lowest BCUT2D eigenvalue weighted by molar-refractivity contribution is -0.0281. The summed E-state index contributed by atoms with van der Waals surface area (Å²) >= 11 is 0. The summed E-state index contributed by atoms with van der Waals surface area (Å²) in [5, 5.41) is 0. The van der Waals surface area contributed by atoms with Gasteiger partial charge in [-0.2, -0.15) is 0 Å². The van der Waals surface area contributed by atoms with E-state index in [2.05, 4.69) is 9.80 Å². The minimum absolute atomic E-state index is 0.886. The summed E-state index contributed by atoms with van der Waals surface area (Å²) in [5.74, 6) is 2.96. The molecule has 7 aliphatic rings. The number of hydrogen-bond acceptors (Lipinski definition) is 2. The molecule has 7 unspecified atom stereocenters. The van der Waals surface area contributed by atoms with Gasteiger partial charge >= 0.3 is 0 Å². The Balaban J connectivity index is 1.33. The Hall–Kier alpha value is -0.0151. The Bertz CT molecular complexity index is 889. The molecular formula is C45H81BN2. The Morgan fingerprint density at radius 3 is 0.833 bits per heavy atom. The quantitative estimate of drug-likeness (QED) is 0.272. The van der Waals surface area contributed by atoms with E-state index in [1.54, 1.807) is 51.4 Å². The second-order valence-corrected chi connectivity index (χ2v) is 19.0. The highest BCUT2D eigenvalue weighted by Crippen LogP contribution is 2.59. The first-order chi connectivity index (χ1) is 23.9. The van der Waals surface area contributed by atoms with Crippen LogP contribution in [0.25, 0.3) is 0 Å². The molecule has 0 bridgehead atoms. The molecule has 0 spiro atoms. The third kappa shape index (κ3) is 8.77. The summed E-state index contributed by atoms with van der Waals surface area (Å²) in [4.78, 5) is 6.99. The van der Waals surface area contributed by atoms with Gasteiger partial charge in [-0.3, -0.25) is 9.80 Å². The van der Waals surface area contributed by atoms with E-state index < -0.39 is 0 Å². The van der Waals surface area contributed by atoms with E-state index in [0.717, 1.165) is 60.4 Å². The zero-order chi connectivity index (χ0) is 32.4. The first kappa shape index (κ1) is 36.3. The molecule has 5 saturated carbocycles. The van der Waals surface area contributed by atoms with Crippen LogP contribution in [0, 0.1) is 0 Å². The van der Waals surface area contributed by atoms with Crippen LogP contribution in [0.5, 0.6) is 0 Å². The maximum atomic E-state index is 3.50. The third-order valence-electron chi connectivity index (χ3n) is 16.2. The van der Waals surface area contributed by atoms with E-state index in [9.17, 15) is 0 Å². The van der Waals surface area contributed by atoms with Gasteiger partial charge in [0.2, 0.25) is 0 Å². The summed E-state index contributed by atoms with van der Waals surface area (Å²) in [6.45, 7) is 1.03. The molecule has 48 heavy (non-hydrogen) atoms. The Morgan fingerprint density at radius 2 is 0.500 bits per heavy atom. The highest BCUT2D eigenvalue weighted by atomic mass is 15.3. The molecular weight excluding hydrogens is 579 g/mol. The van der Waals surface area contributed by atoms with E-state index in [1.165, 1.54) is 180 Å². The van der Waals surface area contributed by atoms with Crippen molar-refractivity contribution in [3.05, 3.63) is 0 Å². The molecule has 2 nitrogen and oxygen atoms in total. The van der Waals surface area contributed by atoms with Gasteiger partial charge in [0.05, 0.1) is 0 Å². The highest BCUT2D eigenvalue weighted by Gasteiger charge is 2.61. The number of fused-ring (bicyclic) bond motifs is 4. The van der Waals surface area contributed by atoms with Crippen molar-refractivity contribution in [2.45, 2.75) is 285 Å². The lowest BCUT2D eigenvalue weighted by Crippen LogP contribution is -2.71. The molecule has 274 valence electrons. The van der Waals surface area contributed by atoms with Crippen molar-refractivity contribution in [2.24, 2.45) is 0 Å². The Kier molecular flexibility index (Phi) is 14.5. The lowest BCUT2D eigenvalue weighted by atomic mass is 9.19. The third-order valence-corrected chi connectivity index (χ3v) is 16.2.